The average Bonchev–Trinajstić information content (AvgIpc) is 3.64. The first-order chi connectivity index (χ1) is 16.6. The van der Waals surface area contributed by atoms with E-state index in [1.807, 2.05) is 0 Å². The van der Waals surface area contributed by atoms with Gasteiger partial charge in [0.1, 0.15) is 33.7 Å². The zero-order chi connectivity index (χ0) is 23.9. The molecule has 0 saturated heterocycles. The number of furan rings is 2. The third-order valence-corrected chi connectivity index (χ3v) is 5.80. The Labute approximate surface area is 199 Å². The summed E-state index contributed by atoms with van der Waals surface area (Å²) in [5, 5.41) is 5.04. The van der Waals surface area contributed by atoms with E-state index in [0.29, 0.717) is 33.6 Å². The fourth-order valence-electron chi connectivity index (χ4n) is 3.26. The summed E-state index contributed by atoms with van der Waals surface area (Å²) in [5.74, 6) is 1.65. The van der Waals surface area contributed by atoms with Crippen molar-refractivity contribution in [2.75, 3.05) is 14.2 Å². The Hall–Kier alpha value is -4.05. The van der Waals surface area contributed by atoms with Gasteiger partial charge in [0.05, 0.1) is 51.9 Å². The van der Waals surface area contributed by atoms with Crippen LogP contribution in [-0.2, 0) is 19.6 Å². The first-order valence-electron chi connectivity index (χ1n) is 10.4. The highest BCUT2D eigenvalue weighted by molar-refractivity contribution is 7.09. The van der Waals surface area contributed by atoms with Crippen molar-refractivity contribution in [3.05, 3.63) is 88.2 Å². The van der Waals surface area contributed by atoms with Crippen LogP contribution in [0.25, 0.3) is 0 Å². The van der Waals surface area contributed by atoms with Gasteiger partial charge in [-0.3, -0.25) is 9.59 Å². The van der Waals surface area contributed by atoms with Crippen molar-refractivity contribution in [1.82, 2.24) is 15.2 Å². The Morgan fingerprint density at radius 1 is 1.03 bits per heavy atom. The molecule has 4 rings (SSSR count). The smallest absolute Gasteiger partial charge is 0.271 e. The Morgan fingerprint density at radius 2 is 1.79 bits per heavy atom. The molecular formula is C24H23N3O6S. The van der Waals surface area contributed by atoms with Crippen molar-refractivity contribution in [2.24, 2.45) is 0 Å². The van der Waals surface area contributed by atoms with Crippen LogP contribution in [0, 0.1) is 0 Å². The summed E-state index contributed by atoms with van der Waals surface area (Å²) in [7, 11) is 3.04. The molecule has 3 heterocycles. The molecule has 34 heavy (non-hydrogen) atoms. The first-order valence-corrected chi connectivity index (χ1v) is 11.2. The molecule has 0 unspecified atom stereocenters. The topological polar surface area (TPSA) is 107 Å². The molecule has 0 spiro atoms. The van der Waals surface area contributed by atoms with Gasteiger partial charge in [-0.1, -0.05) is 0 Å². The van der Waals surface area contributed by atoms with Crippen LogP contribution in [0.1, 0.15) is 37.4 Å². The van der Waals surface area contributed by atoms with E-state index < -0.39 is 0 Å². The van der Waals surface area contributed by atoms with E-state index in [9.17, 15) is 9.59 Å². The fourth-order valence-corrected chi connectivity index (χ4v) is 4.05. The Bertz CT molecular complexity index is 1230. The molecule has 1 aromatic carbocycles. The van der Waals surface area contributed by atoms with E-state index >= 15 is 0 Å². The number of methoxy groups -OCH3 is 2. The van der Waals surface area contributed by atoms with E-state index in [1.54, 1.807) is 72.4 Å². The fraction of sp³-hybridized carbons (Fsp3) is 0.208. The number of hydrogen-bond acceptors (Lipinski definition) is 8. The van der Waals surface area contributed by atoms with Gasteiger partial charge in [0, 0.05) is 11.4 Å². The number of rotatable bonds is 10. The molecule has 3 aromatic heterocycles. The van der Waals surface area contributed by atoms with Gasteiger partial charge in [-0.25, -0.2) is 4.98 Å². The van der Waals surface area contributed by atoms with E-state index in [1.165, 1.54) is 18.4 Å². The van der Waals surface area contributed by atoms with Crippen LogP contribution in [0.2, 0.25) is 0 Å². The monoisotopic (exact) mass is 481 g/mol. The third-order valence-electron chi connectivity index (χ3n) is 4.97. The minimum absolute atomic E-state index is 0.185. The minimum Gasteiger partial charge on any atom is -0.497 e. The molecule has 2 amide bonds. The number of carbonyl (C=O) groups is 2. The van der Waals surface area contributed by atoms with Crippen LogP contribution in [-0.4, -0.2) is 35.9 Å². The van der Waals surface area contributed by atoms with E-state index in [0.717, 1.165) is 0 Å². The molecule has 4 aromatic rings. The van der Waals surface area contributed by atoms with Crippen LogP contribution < -0.4 is 14.8 Å². The molecule has 0 atom stereocenters. The maximum atomic E-state index is 13.5. The Balaban J connectivity index is 1.52. The summed E-state index contributed by atoms with van der Waals surface area (Å²) in [6, 6.07) is 12.1. The molecule has 176 valence electrons. The standard InChI is InChI=1S/C24H23N3O6S/c1-30-16-7-8-19(21(11-16)31-2)24(29)27(13-18-6-4-10-33-18)14-22-26-20(15-34-22)23(28)25-12-17-5-3-9-32-17/h3-11,15H,12-14H2,1-2H3,(H,25,28). The number of benzene rings is 1. The predicted molar refractivity (Wildman–Crippen MR) is 124 cm³/mol. The predicted octanol–water partition coefficient (Wildman–Crippen LogP) is 4.12. The molecule has 0 bridgehead atoms. The van der Waals surface area contributed by atoms with Crippen molar-refractivity contribution in [3.8, 4) is 11.5 Å². The van der Waals surface area contributed by atoms with E-state index in [-0.39, 0.29) is 37.1 Å². The van der Waals surface area contributed by atoms with Crippen LogP contribution >= 0.6 is 11.3 Å². The van der Waals surface area contributed by atoms with Crippen molar-refractivity contribution in [3.63, 3.8) is 0 Å². The second kappa shape index (κ2) is 10.7. The van der Waals surface area contributed by atoms with Gasteiger partial charge in [0.15, 0.2) is 0 Å². The summed E-state index contributed by atoms with van der Waals surface area (Å²) in [4.78, 5) is 32.0. The van der Waals surface area contributed by atoms with Crippen molar-refractivity contribution in [1.29, 1.82) is 0 Å². The lowest BCUT2D eigenvalue weighted by atomic mass is 10.1. The number of aromatic nitrogens is 1. The average molecular weight is 482 g/mol. The number of ether oxygens (including phenoxy) is 2. The highest BCUT2D eigenvalue weighted by Crippen LogP contribution is 2.27. The lowest BCUT2D eigenvalue weighted by Crippen LogP contribution is -2.30. The van der Waals surface area contributed by atoms with Crippen LogP contribution in [0.4, 0.5) is 0 Å². The SMILES string of the molecule is COc1ccc(C(=O)N(Cc2ccco2)Cc2nc(C(=O)NCc3ccco3)cs2)c(OC)c1. The number of nitrogens with zero attached hydrogens (tertiary/aromatic N) is 2. The molecule has 0 aliphatic heterocycles. The zero-order valence-electron chi connectivity index (χ0n) is 18.6. The normalized spacial score (nSPS) is 10.6. The van der Waals surface area contributed by atoms with E-state index in [2.05, 4.69) is 10.3 Å². The van der Waals surface area contributed by atoms with Crippen LogP contribution in [0.5, 0.6) is 11.5 Å². The van der Waals surface area contributed by atoms with E-state index in [4.69, 9.17) is 18.3 Å². The molecule has 0 radical (unpaired) electrons. The van der Waals surface area contributed by atoms with Gasteiger partial charge in [-0.05, 0) is 36.4 Å². The Kier molecular flexibility index (Phi) is 7.28. The second-order valence-electron chi connectivity index (χ2n) is 7.20. The highest BCUT2D eigenvalue weighted by Gasteiger charge is 2.23. The molecule has 0 fully saturated rings. The zero-order valence-corrected chi connectivity index (χ0v) is 19.5. The molecule has 0 aliphatic rings. The minimum atomic E-state index is -0.320. The summed E-state index contributed by atoms with van der Waals surface area (Å²) in [6.07, 6.45) is 3.10. The molecular weight excluding hydrogens is 458 g/mol. The number of amides is 2. The van der Waals surface area contributed by atoms with Gasteiger partial charge in [-0.15, -0.1) is 11.3 Å². The highest BCUT2D eigenvalue weighted by atomic mass is 32.1. The molecule has 0 saturated carbocycles. The lowest BCUT2D eigenvalue weighted by Gasteiger charge is -2.22. The number of nitrogens with one attached hydrogen (secondary N) is 1. The van der Waals surface area contributed by atoms with Gasteiger partial charge in [0.25, 0.3) is 11.8 Å². The Morgan fingerprint density at radius 3 is 2.47 bits per heavy atom. The summed E-state index contributed by atoms with van der Waals surface area (Å²) in [5.41, 5.74) is 0.654. The molecule has 0 aliphatic carbocycles. The van der Waals surface area contributed by atoms with Gasteiger partial charge in [-0.2, -0.15) is 0 Å². The van der Waals surface area contributed by atoms with Gasteiger partial charge >= 0.3 is 0 Å². The third kappa shape index (κ3) is 5.46. The molecule has 10 heteroatoms. The van der Waals surface area contributed by atoms with Crippen molar-refractivity contribution >= 4 is 23.2 Å². The summed E-state index contributed by atoms with van der Waals surface area (Å²) >= 11 is 1.30. The summed E-state index contributed by atoms with van der Waals surface area (Å²) in [6.45, 7) is 0.671. The lowest BCUT2D eigenvalue weighted by molar-refractivity contribution is 0.0714. The number of thiazole rings is 1. The van der Waals surface area contributed by atoms with Crippen LogP contribution in [0.15, 0.2) is 69.2 Å². The maximum Gasteiger partial charge on any atom is 0.271 e. The van der Waals surface area contributed by atoms with Gasteiger partial charge < -0.3 is 28.5 Å². The maximum absolute atomic E-state index is 13.5. The molecule has 9 nitrogen and oxygen atoms in total. The summed E-state index contributed by atoms with van der Waals surface area (Å²) < 4.78 is 21.3. The molecule has 1 N–H and O–H groups in total. The van der Waals surface area contributed by atoms with Crippen molar-refractivity contribution < 1.29 is 27.9 Å². The van der Waals surface area contributed by atoms with Gasteiger partial charge in [0.2, 0.25) is 0 Å². The number of hydrogen-bond donors (Lipinski definition) is 1. The van der Waals surface area contributed by atoms with Crippen LogP contribution in [0.3, 0.4) is 0 Å². The first kappa shape index (κ1) is 23.1. The second-order valence-corrected chi connectivity index (χ2v) is 8.14. The number of carbonyl (C=O) groups excluding carboxylic acids is 2. The van der Waals surface area contributed by atoms with Crippen molar-refractivity contribution in [2.45, 2.75) is 19.6 Å². The quantitative estimate of drug-likeness (QED) is 0.363. The largest absolute Gasteiger partial charge is 0.497 e.